The van der Waals surface area contributed by atoms with Crippen LogP contribution >= 0.6 is 0 Å². The highest BCUT2D eigenvalue weighted by Gasteiger charge is 2.35. The molecule has 8 heteroatoms. The van der Waals surface area contributed by atoms with Crippen LogP contribution < -0.4 is 4.74 Å². The molecule has 3 atom stereocenters. The van der Waals surface area contributed by atoms with Gasteiger partial charge in [0.25, 0.3) is 5.91 Å². The van der Waals surface area contributed by atoms with Gasteiger partial charge in [0, 0.05) is 38.1 Å². The first kappa shape index (κ1) is 24.9. The molecule has 0 aromatic carbocycles. The van der Waals surface area contributed by atoms with Crippen molar-refractivity contribution in [3.05, 3.63) is 59.6 Å². The van der Waals surface area contributed by atoms with Gasteiger partial charge in [0.15, 0.2) is 0 Å². The smallest absolute Gasteiger partial charge is 0.259 e. The number of ether oxygens (including phenoxy) is 1. The van der Waals surface area contributed by atoms with Gasteiger partial charge in [-0.05, 0) is 61.1 Å². The number of aliphatic hydroxyl groups excluding tert-OH is 1. The lowest BCUT2D eigenvalue weighted by Crippen LogP contribution is -2.50. The summed E-state index contributed by atoms with van der Waals surface area (Å²) >= 11 is 0. The molecular formula is C27H34N4O4. The van der Waals surface area contributed by atoms with Gasteiger partial charge in [-0.1, -0.05) is 13.0 Å². The van der Waals surface area contributed by atoms with E-state index in [2.05, 4.69) is 16.0 Å². The second kappa shape index (κ2) is 11.0. The van der Waals surface area contributed by atoms with Gasteiger partial charge in [-0.15, -0.1) is 0 Å². The minimum Gasteiger partial charge on any atom is -0.472 e. The molecule has 2 aromatic rings. The molecule has 8 nitrogen and oxygen atoms in total. The molecule has 1 aliphatic carbocycles. The first-order chi connectivity index (χ1) is 16.9. The number of aliphatic hydroxyl groups is 1. The van der Waals surface area contributed by atoms with E-state index < -0.39 is 0 Å². The summed E-state index contributed by atoms with van der Waals surface area (Å²) in [6.45, 7) is 4.46. The number of fused-ring (bicyclic) bond motifs is 1. The third kappa shape index (κ3) is 5.70. The highest BCUT2D eigenvalue weighted by atomic mass is 16.5. The van der Waals surface area contributed by atoms with Gasteiger partial charge in [-0.25, -0.2) is 4.98 Å². The van der Waals surface area contributed by atoms with E-state index >= 15 is 0 Å². The third-order valence-electron chi connectivity index (χ3n) is 6.92. The number of allylic oxidation sites excluding steroid dienone is 2. The molecule has 186 valence electrons. The van der Waals surface area contributed by atoms with Crippen molar-refractivity contribution in [2.75, 3.05) is 26.7 Å². The zero-order valence-electron chi connectivity index (χ0n) is 20.7. The molecule has 2 aromatic heterocycles. The lowest BCUT2D eigenvalue weighted by molar-refractivity contribution is -0.130. The Balaban J connectivity index is 1.60. The van der Waals surface area contributed by atoms with E-state index in [9.17, 15) is 14.7 Å². The van der Waals surface area contributed by atoms with E-state index in [1.54, 1.807) is 35.4 Å². The van der Waals surface area contributed by atoms with Crippen LogP contribution in [0, 0.1) is 5.92 Å². The van der Waals surface area contributed by atoms with Crippen molar-refractivity contribution < 1.29 is 19.4 Å². The van der Waals surface area contributed by atoms with Crippen molar-refractivity contribution >= 4 is 17.4 Å². The molecule has 4 rings (SSSR count). The van der Waals surface area contributed by atoms with Gasteiger partial charge in [0.1, 0.15) is 11.7 Å². The maximum atomic E-state index is 13.5. The summed E-state index contributed by atoms with van der Waals surface area (Å²) in [6, 6.07) is 5.18. The van der Waals surface area contributed by atoms with Crippen molar-refractivity contribution in [1.29, 1.82) is 0 Å². The predicted octanol–water partition coefficient (Wildman–Crippen LogP) is 2.97. The van der Waals surface area contributed by atoms with Crippen LogP contribution in [-0.2, 0) is 11.2 Å². The fourth-order valence-corrected chi connectivity index (χ4v) is 4.61. The Bertz CT molecular complexity index is 1090. The van der Waals surface area contributed by atoms with Crippen LogP contribution in [0.1, 0.15) is 54.6 Å². The number of nitrogens with zero attached hydrogens (tertiary/aromatic N) is 4. The summed E-state index contributed by atoms with van der Waals surface area (Å²) in [5.74, 6) is -0.0281. The van der Waals surface area contributed by atoms with Crippen LogP contribution in [-0.4, -0.2) is 75.6 Å². The Hall–Kier alpha value is -3.26. The Labute approximate surface area is 206 Å². The Morgan fingerprint density at radius 1 is 1.34 bits per heavy atom. The summed E-state index contributed by atoms with van der Waals surface area (Å²) in [5, 5.41) is 9.85. The molecule has 0 bridgehead atoms. The van der Waals surface area contributed by atoms with Crippen molar-refractivity contribution in [3.63, 3.8) is 0 Å². The lowest BCUT2D eigenvalue weighted by atomic mass is 9.99. The van der Waals surface area contributed by atoms with Crippen molar-refractivity contribution in [2.45, 2.75) is 51.7 Å². The molecule has 3 heterocycles. The van der Waals surface area contributed by atoms with Crippen molar-refractivity contribution in [2.24, 2.45) is 5.92 Å². The van der Waals surface area contributed by atoms with E-state index in [0.717, 1.165) is 30.4 Å². The highest BCUT2D eigenvalue weighted by Crippen LogP contribution is 2.32. The summed E-state index contributed by atoms with van der Waals surface area (Å²) in [4.78, 5) is 38.4. The van der Waals surface area contributed by atoms with Crippen LogP contribution in [0.3, 0.4) is 0 Å². The second-order valence-corrected chi connectivity index (χ2v) is 9.63. The fraction of sp³-hybridized carbons (Fsp3) is 0.481. The predicted molar refractivity (Wildman–Crippen MR) is 133 cm³/mol. The van der Waals surface area contributed by atoms with E-state index in [1.165, 1.54) is 5.57 Å². The Kier molecular flexibility index (Phi) is 7.80. The van der Waals surface area contributed by atoms with E-state index in [1.807, 2.05) is 32.0 Å². The molecule has 0 unspecified atom stereocenters. The Morgan fingerprint density at radius 3 is 2.80 bits per heavy atom. The molecule has 2 amide bonds. The largest absolute Gasteiger partial charge is 0.472 e. The van der Waals surface area contributed by atoms with Gasteiger partial charge in [0.05, 0.1) is 25.6 Å². The number of carbonyl (C=O) groups is 2. The average molecular weight is 479 g/mol. The van der Waals surface area contributed by atoms with Crippen LogP contribution in [0.15, 0.2) is 42.9 Å². The van der Waals surface area contributed by atoms with E-state index in [-0.39, 0.29) is 48.8 Å². The summed E-state index contributed by atoms with van der Waals surface area (Å²) in [7, 11) is 1.77. The minimum atomic E-state index is -0.370. The van der Waals surface area contributed by atoms with Gasteiger partial charge in [0.2, 0.25) is 11.8 Å². The van der Waals surface area contributed by atoms with Gasteiger partial charge < -0.3 is 19.6 Å². The maximum Gasteiger partial charge on any atom is 0.259 e. The van der Waals surface area contributed by atoms with Crippen LogP contribution in [0.5, 0.6) is 5.88 Å². The summed E-state index contributed by atoms with van der Waals surface area (Å²) in [5.41, 5.74) is 3.43. The monoisotopic (exact) mass is 478 g/mol. The summed E-state index contributed by atoms with van der Waals surface area (Å²) < 4.78 is 6.33. The second-order valence-electron chi connectivity index (χ2n) is 9.63. The third-order valence-corrected chi connectivity index (χ3v) is 6.92. The van der Waals surface area contributed by atoms with Crippen LogP contribution in [0.25, 0.3) is 5.57 Å². The normalized spacial score (nSPS) is 20.9. The molecule has 0 saturated carbocycles. The number of likely N-dealkylation sites (N-methyl/N-ethyl adjacent to an activating group) is 1. The van der Waals surface area contributed by atoms with Crippen molar-refractivity contribution in [1.82, 2.24) is 19.8 Å². The zero-order chi connectivity index (χ0) is 24.9. The number of amides is 2. The maximum absolute atomic E-state index is 13.5. The van der Waals surface area contributed by atoms with Gasteiger partial charge in [-0.3, -0.25) is 14.6 Å². The summed E-state index contributed by atoms with van der Waals surface area (Å²) in [6.07, 6.45) is 10.3. The SMILES string of the molecule is C[C@@H]1CN([C@H](C)CO)C(=O)c2cc(C3=CCCC3)cnc2O[C@@H]1CN(C)C(=O)Cc1ccncc1. The van der Waals surface area contributed by atoms with E-state index in [0.29, 0.717) is 18.7 Å². The van der Waals surface area contributed by atoms with Crippen LogP contribution in [0.4, 0.5) is 0 Å². The number of hydrogen-bond donors (Lipinski definition) is 1. The van der Waals surface area contributed by atoms with Crippen molar-refractivity contribution in [3.8, 4) is 5.88 Å². The Morgan fingerprint density at radius 2 is 2.11 bits per heavy atom. The minimum absolute atomic E-state index is 0.0255. The first-order valence-corrected chi connectivity index (χ1v) is 12.3. The molecule has 1 N–H and O–H groups in total. The molecule has 0 spiro atoms. The molecule has 0 fully saturated rings. The zero-order valence-corrected chi connectivity index (χ0v) is 20.7. The molecule has 35 heavy (non-hydrogen) atoms. The van der Waals surface area contributed by atoms with Crippen LogP contribution in [0.2, 0.25) is 0 Å². The standard InChI is InChI=1S/C27H34N4O4/c1-18-15-31(19(2)17-32)27(34)23-13-22(21-6-4-5-7-21)14-29-26(23)35-24(18)16-30(3)25(33)12-20-8-10-28-11-9-20/h6,8-11,13-14,18-19,24,32H,4-5,7,12,15-17H2,1-3H3/t18-,19-,24-/m1/s1. The molecule has 2 aliphatic rings. The highest BCUT2D eigenvalue weighted by molar-refractivity contribution is 5.97. The molecule has 0 saturated heterocycles. The number of hydrogen-bond acceptors (Lipinski definition) is 6. The van der Waals surface area contributed by atoms with Gasteiger partial charge in [-0.2, -0.15) is 0 Å². The number of carbonyl (C=O) groups excluding carboxylic acids is 2. The number of aromatic nitrogens is 2. The number of rotatable bonds is 7. The number of pyridine rings is 2. The quantitative estimate of drug-likeness (QED) is 0.657. The molecular weight excluding hydrogens is 444 g/mol. The van der Waals surface area contributed by atoms with Gasteiger partial charge >= 0.3 is 0 Å². The topological polar surface area (TPSA) is 95.9 Å². The fourth-order valence-electron chi connectivity index (χ4n) is 4.61. The lowest BCUT2D eigenvalue weighted by Gasteiger charge is -2.37. The average Bonchev–Trinajstić information content (AvgIpc) is 3.41. The van der Waals surface area contributed by atoms with E-state index in [4.69, 9.17) is 4.74 Å². The first-order valence-electron chi connectivity index (χ1n) is 12.3. The molecule has 0 radical (unpaired) electrons. The molecule has 1 aliphatic heterocycles.